The number of hydrogen-bond donors (Lipinski definition) is 2. The average molecular weight is 314 g/mol. The second-order valence-electron chi connectivity index (χ2n) is 5.32. The van der Waals surface area contributed by atoms with E-state index in [9.17, 15) is 4.79 Å². The molecule has 5 nitrogen and oxygen atoms in total. The van der Waals surface area contributed by atoms with Crippen molar-refractivity contribution in [2.24, 2.45) is 0 Å². The second-order valence-corrected chi connectivity index (χ2v) is 5.32. The summed E-state index contributed by atoms with van der Waals surface area (Å²) in [5.74, 6) is 1.35. The van der Waals surface area contributed by atoms with Crippen LogP contribution >= 0.6 is 0 Å². The SMILES string of the molecule is COc1ccc(OC)c(C(C)NC(=O)Cc2cccc(N)c2)c1. The zero-order valence-electron chi connectivity index (χ0n) is 13.6. The highest BCUT2D eigenvalue weighted by atomic mass is 16.5. The second kappa shape index (κ2) is 7.54. The summed E-state index contributed by atoms with van der Waals surface area (Å²) >= 11 is 0. The quantitative estimate of drug-likeness (QED) is 0.804. The lowest BCUT2D eigenvalue weighted by Gasteiger charge is -2.18. The number of carbonyl (C=O) groups is 1. The van der Waals surface area contributed by atoms with Crippen molar-refractivity contribution in [2.45, 2.75) is 19.4 Å². The lowest BCUT2D eigenvalue weighted by Crippen LogP contribution is -2.28. The molecule has 0 aliphatic heterocycles. The van der Waals surface area contributed by atoms with Gasteiger partial charge in [0.15, 0.2) is 0 Å². The van der Waals surface area contributed by atoms with Crippen molar-refractivity contribution in [2.75, 3.05) is 20.0 Å². The molecule has 1 atom stereocenters. The zero-order valence-corrected chi connectivity index (χ0v) is 13.6. The van der Waals surface area contributed by atoms with Crippen molar-refractivity contribution in [3.05, 3.63) is 53.6 Å². The molecule has 122 valence electrons. The molecule has 5 heteroatoms. The summed E-state index contributed by atoms with van der Waals surface area (Å²) in [6.45, 7) is 1.91. The van der Waals surface area contributed by atoms with Crippen molar-refractivity contribution >= 4 is 11.6 Å². The van der Waals surface area contributed by atoms with E-state index < -0.39 is 0 Å². The molecule has 0 aromatic heterocycles. The first kappa shape index (κ1) is 16.7. The number of hydrogen-bond acceptors (Lipinski definition) is 4. The van der Waals surface area contributed by atoms with E-state index in [1.54, 1.807) is 26.4 Å². The van der Waals surface area contributed by atoms with Gasteiger partial charge in [-0.25, -0.2) is 0 Å². The highest BCUT2D eigenvalue weighted by Crippen LogP contribution is 2.29. The minimum absolute atomic E-state index is 0.0760. The predicted molar refractivity (Wildman–Crippen MR) is 90.7 cm³/mol. The summed E-state index contributed by atoms with van der Waals surface area (Å²) in [6, 6.07) is 12.6. The summed E-state index contributed by atoms with van der Waals surface area (Å²) in [5.41, 5.74) is 8.14. The number of nitrogens with two attached hydrogens (primary N) is 1. The predicted octanol–water partition coefficient (Wildman–Crippen LogP) is 2.71. The molecule has 0 saturated heterocycles. The van der Waals surface area contributed by atoms with E-state index in [0.717, 1.165) is 16.9 Å². The summed E-state index contributed by atoms with van der Waals surface area (Å²) < 4.78 is 10.6. The van der Waals surface area contributed by atoms with Crippen molar-refractivity contribution in [3.8, 4) is 11.5 Å². The van der Waals surface area contributed by atoms with E-state index in [4.69, 9.17) is 15.2 Å². The first-order chi connectivity index (χ1) is 11.0. The number of methoxy groups -OCH3 is 2. The van der Waals surface area contributed by atoms with Gasteiger partial charge in [0.25, 0.3) is 0 Å². The monoisotopic (exact) mass is 314 g/mol. The number of amides is 1. The Morgan fingerprint density at radius 1 is 1.17 bits per heavy atom. The maximum atomic E-state index is 12.2. The van der Waals surface area contributed by atoms with E-state index in [1.165, 1.54) is 0 Å². The number of ether oxygens (including phenoxy) is 2. The van der Waals surface area contributed by atoms with Crippen LogP contribution in [0.25, 0.3) is 0 Å². The van der Waals surface area contributed by atoms with Gasteiger partial charge >= 0.3 is 0 Å². The van der Waals surface area contributed by atoms with Crippen molar-refractivity contribution in [1.29, 1.82) is 0 Å². The number of nitrogen functional groups attached to an aromatic ring is 1. The Bertz CT molecular complexity index is 686. The van der Waals surface area contributed by atoms with E-state index in [0.29, 0.717) is 11.4 Å². The average Bonchev–Trinajstić information content (AvgIpc) is 2.54. The highest BCUT2D eigenvalue weighted by Gasteiger charge is 2.15. The molecular weight excluding hydrogens is 292 g/mol. The maximum Gasteiger partial charge on any atom is 0.224 e. The Labute approximate surface area is 136 Å². The Balaban J connectivity index is 2.09. The largest absolute Gasteiger partial charge is 0.497 e. The van der Waals surface area contributed by atoms with Gasteiger partial charge in [0, 0.05) is 11.3 Å². The van der Waals surface area contributed by atoms with Crippen LogP contribution in [-0.2, 0) is 11.2 Å². The van der Waals surface area contributed by atoms with Gasteiger partial charge in [-0.1, -0.05) is 12.1 Å². The molecule has 0 spiro atoms. The van der Waals surface area contributed by atoms with Crippen molar-refractivity contribution in [3.63, 3.8) is 0 Å². The molecule has 2 aromatic rings. The Morgan fingerprint density at radius 2 is 1.96 bits per heavy atom. The van der Waals surface area contributed by atoms with Crippen LogP contribution < -0.4 is 20.5 Å². The molecule has 0 fully saturated rings. The van der Waals surface area contributed by atoms with E-state index >= 15 is 0 Å². The van der Waals surface area contributed by atoms with Gasteiger partial charge in [-0.3, -0.25) is 4.79 Å². The zero-order chi connectivity index (χ0) is 16.8. The topological polar surface area (TPSA) is 73.6 Å². The van der Waals surface area contributed by atoms with Crippen LogP contribution in [0.5, 0.6) is 11.5 Å². The molecule has 0 saturated carbocycles. The number of anilines is 1. The highest BCUT2D eigenvalue weighted by molar-refractivity contribution is 5.79. The van der Waals surface area contributed by atoms with Gasteiger partial charge in [0.1, 0.15) is 11.5 Å². The molecule has 3 N–H and O–H groups in total. The molecular formula is C18H22N2O3. The Hall–Kier alpha value is -2.69. The fourth-order valence-corrected chi connectivity index (χ4v) is 2.44. The third kappa shape index (κ3) is 4.39. The Kier molecular flexibility index (Phi) is 5.46. The van der Waals surface area contributed by atoms with Crippen LogP contribution in [0.2, 0.25) is 0 Å². The van der Waals surface area contributed by atoms with Crippen LogP contribution in [0, 0.1) is 0 Å². The lowest BCUT2D eigenvalue weighted by molar-refractivity contribution is -0.121. The number of nitrogens with one attached hydrogen (secondary N) is 1. The van der Waals surface area contributed by atoms with Gasteiger partial charge in [0.2, 0.25) is 5.91 Å². The molecule has 1 amide bonds. The number of rotatable bonds is 6. The summed E-state index contributed by atoms with van der Waals surface area (Å²) in [6.07, 6.45) is 0.279. The molecule has 1 unspecified atom stereocenters. The minimum atomic E-state index is -0.200. The molecule has 0 bridgehead atoms. The normalized spacial score (nSPS) is 11.6. The number of carbonyl (C=O) groups excluding carboxylic acids is 1. The first-order valence-corrected chi connectivity index (χ1v) is 7.39. The standard InChI is InChI=1S/C18H22N2O3/c1-12(16-11-15(22-2)7-8-17(16)23-3)20-18(21)10-13-5-4-6-14(19)9-13/h4-9,11-12H,10,19H2,1-3H3,(H,20,21). The molecule has 2 rings (SSSR count). The van der Waals surface area contributed by atoms with E-state index in [2.05, 4.69) is 5.32 Å². The van der Waals surface area contributed by atoms with Crippen LogP contribution in [0.15, 0.2) is 42.5 Å². The van der Waals surface area contributed by atoms with E-state index in [-0.39, 0.29) is 18.4 Å². The van der Waals surface area contributed by atoms with Gasteiger partial charge in [-0.2, -0.15) is 0 Å². The van der Waals surface area contributed by atoms with Crippen molar-refractivity contribution < 1.29 is 14.3 Å². The van der Waals surface area contributed by atoms with E-state index in [1.807, 2.05) is 37.3 Å². The van der Waals surface area contributed by atoms with Gasteiger partial charge in [-0.15, -0.1) is 0 Å². The fraction of sp³-hybridized carbons (Fsp3) is 0.278. The molecule has 0 aliphatic rings. The maximum absolute atomic E-state index is 12.2. The summed E-state index contributed by atoms with van der Waals surface area (Å²) in [4.78, 5) is 12.2. The third-order valence-corrected chi connectivity index (χ3v) is 3.60. The van der Waals surface area contributed by atoms with Crippen LogP contribution in [-0.4, -0.2) is 20.1 Å². The van der Waals surface area contributed by atoms with Gasteiger partial charge in [0.05, 0.1) is 26.7 Å². The van der Waals surface area contributed by atoms with Gasteiger partial charge < -0.3 is 20.5 Å². The fourth-order valence-electron chi connectivity index (χ4n) is 2.44. The summed E-state index contributed by atoms with van der Waals surface area (Å²) in [5, 5.41) is 2.97. The van der Waals surface area contributed by atoms with Crippen LogP contribution in [0.1, 0.15) is 24.1 Å². The van der Waals surface area contributed by atoms with Crippen LogP contribution in [0.4, 0.5) is 5.69 Å². The molecule has 0 heterocycles. The first-order valence-electron chi connectivity index (χ1n) is 7.39. The minimum Gasteiger partial charge on any atom is -0.497 e. The third-order valence-electron chi connectivity index (χ3n) is 3.60. The molecule has 2 aromatic carbocycles. The summed E-state index contributed by atoms with van der Waals surface area (Å²) in [7, 11) is 3.21. The van der Waals surface area contributed by atoms with Crippen molar-refractivity contribution in [1.82, 2.24) is 5.32 Å². The van der Waals surface area contributed by atoms with Gasteiger partial charge in [-0.05, 0) is 42.8 Å². The molecule has 0 radical (unpaired) electrons. The molecule has 0 aliphatic carbocycles. The Morgan fingerprint density at radius 3 is 2.61 bits per heavy atom. The number of benzene rings is 2. The smallest absolute Gasteiger partial charge is 0.224 e. The molecule has 23 heavy (non-hydrogen) atoms. The van der Waals surface area contributed by atoms with Crippen LogP contribution in [0.3, 0.4) is 0 Å². The lowest BCUT2D eigenvalue weighted by atomic mass is 10.1.